The average molecular weight is 310 g/mol. The van der Waals surface area contributed by atoms with Crippen molar-refractivity contribution in [2.24, 2.45) is 7.05 Å². The maximum atomic E-state index is 12.6. The largest absolute Gasteiger partial charge is 0.396 e. The molecule has 0 bridgehead atoms. The molecule has 0 amide bonds. The molecule has 4 nitrogen and oxygen atoms in total. The van der Waals surface area contributed by atoms with Gasteiger partial charge in [0.2, 0.25) is 0 Å². The minimum absolute atomic E-state index is 0.0842. The predicted molar refractivity (Wildman–Crippen MR) is 83.9 cm³/mol. The minimum atomic E-state index is 0.0842. The number of hydrogen-bond donors (Lipinski definition) is 1. The van der Waals surface area contributed by atoms with Gasteiger partial charge in [0.1, 0.15) is 4.83 Å². The molecule has 0 saturated carbocycles. The van der Waals surface area contributed by atoms with E-state index in [4.69, 9.17) is 5.11 Å². The van der Waals surface area contributed by atoms with Crippen LogP contribution in [0.5, 0.6) is 0 Å². The van der Waals surface area contributed by atoms with E-state index < -0.39 is 0 Å². The van der Waals surface area contributed by atoms with Gasteiger partial charge in [-0.25, -0.2) is 4.98 Å². The van der Waals surface area contributed by atoms with Gasteiger partial charge >= 0.3 is 0 Å². The zero-order valence-corrected chi connectivity index (χ0v) is 13.1. The van der Waals surface area contributed by atoms with E-state index >= 15 is 0 Å². The highest BCUT2D eigenvalue weighted by Gasteiger charge is 2.21. The summed E-state index contributed by atoms with van der Waals surface area (Å²) >= 11 is 3.23. The third-order valence-corrected chi connectivity index (χ3v) is 5.99. The zero-order chi connectivity index (χ0) is 14.1. The number of rotatable bonds is 4. The number of fused-ring (bicyclic) bond motifs is 3. The van der Waals surface area contributed by atoms with Gasteiger partial charge in [0, 0.05) is 24.3 Å². The zero-order valence-electron chi connectivity index (χ0n) is 11.5. The lowest BCUT2D eigenvalue weighted by Gasteiger charge is -2.10. The number of thiophene rings is 1. The molecule has 108 valence electrons. The van der Waals surface area contributed by atoms with E-state index in [1.165, 1.54) is 23.3 Å². The van der Waals surface area contributed by atoms with Crippen molar-refractivity contribution in [3.05, 3.63) is 20.8 Å². The Morgan fingerprint density at radius 1 is 1.40 bits per heavy atom. The van der Waals surface area contributed by atoms with Gasteiger partial charge < -0.3 is 5.11 Å². The van der Waals surface area contributed by atoms with Crippen LogP contribution < -0.4 is 5.56 Å². The lowest BCUT2D eigenvalue weighted by molar-refractivity contribution is 0.296. The van der Waals surface area contributed by atoms with Crippen LogP contribution in [0.15, 0.2) is 9.95 Å². The van der Waals surface area contributed by atoms with E-state index in [-0.39, 0.29) is 12.2 Å². The van der Waals surface area contributed by atoms with Gasteiger partial charge in [0.05, 0.1) is 5.39 Å². The Morgan fingerprint density at radius 3 is 3.00 bits per heavy atom. The Hall–Kier alpha value is -0.850. The molecule has 3 rings (SSSR count). The molecule has 1 aliphatic rings. The number of thioether (sulfide) groups is 1. The molecule has 0 aliphatic heterocycles. The molecule has 2 aromatic rings. The van der Waals surface area contributed by atoms with Crippen molar-refractivity contribution in [2.45, 2.75) is 37.3 Å². The van der Waals surface area contributed by atoms with Crippen LogP contribution in [-0.2, 0) is 19.9 Å². The molecular formula is C14H18N2O2S2. The first-order chi connectivity index (χ1) is 9.72. The molecule has 0 aromatic carbocycles. The van der Waals surface area contributed by atoms with Gasteiger partial charge in [-0.2, -0.15) is 0 Å². The van der Waals surface area contributed by atoms with Crippen LogP contribution in [0.2, 0.25) is 0 Å². The van der Waals surface area contributed by atoms with Crippen LogP contribution in [-0.4, -0.2) is 27.0 Å². The SMILES string of the molecule is Cn1c(SCCCO)nc2sc3c(c2c1=O)CCCC3. The van der Waals surface area contributed by atoms with Crippen molar-refractivity contribution in [1.82, 2.24) is 9.55 Å². The standard InChI is InChI=1S/C14H18N2O2S2/c1-16-13(18)11-9-5-2-3-6-10(9)20-12(11)15-14(16)19-8-4-7-17/h17H,2-8H2,1H3. The Balaban J connectivity index is 2.08. The first-order valence-electron chi connectivity index (χ1n) is 6.97. The monoisotopic (exact) mass is 310 g/mol. The number of hydrogen-bond acceptors (Lipinski definition) is 5. The molecule has 0 radical (unpaired) electrons. The summed E-state index contributed by atoms with van der Waals surface area (Å²) in [7, 11) is 1.79. The molecule has 0 atom stereocenters. The molecule has 2 heterocycles. The predicted octanol–water partition coefficient (Wildman–Crippen LogP) is 2.35. The highest BCUT2D eigenvalue weighted by Crippen LogP contribution is 2.34. The second kappa shape index (κ2) is 5.87. The normalized spacial score (nSPS) is 14.7. The van der Waals surface area contributed by atoms with Crippen molar-refractivity contribution in [2.75, 3.05) is 12.4 Å². The van der Waals surface area contributed by atoms with Gasteiger partial charge in [-0.05, 0) is 37.7 Å². The number of nitrogens with zero attached hydrogens (tertiary/aromatic N) is 2. The van der Waals surface area contributed by atoms with Gasteiger partial charge in [-0.3, -0.25) is 9.36 Å². The first kappa shape index (κ1) is 14.1. The molecule has 20 heavy (non-hydrogen) atoms. The number of aliphatic hydroxyl groups is 1. The molecule has 2 aromatic heterocycles. The van der Waals surface area contributed by atoms with E-state index in [1.807, 2.05) is 0 Å². The molecular weight excluding hydrogens is 292 g/mol. The van der Waals surface area contributed by atoms with Crippen molar-refractivity contribution in [1.29, 1.82) is 0 Å². The molecule has 0 fully saturated rings. The molecule has 1 aliphatic carbocycles. The molecule has 1 N–H and O–H groups in total. The van der Waals surface area contributed by atoms with Crippen molar-refractivity contribution < 1.29 is 5.11 Å². The van der Waals surface area contributed by atoms with Crippen LogP contribution in [0.4, 0.5) is 0 Å². The lowest BCUT2D eigenvalue weighted by Crippen LogP contribution is -2.20. The van der Waals surface area contributed by atoms with E-state index in [0.29, 0.717) is 0 Å². The summed E-state index contributed by atoms with van der Waals surface area (Å²) in [6.07, 6.45) is 5.22. The second-order valence-corrected chi connectivity index (χ2v) is 7.22. The minimum Gasteiger partial charge on any atom is -0.396 e. The Kier molecular flexibility index (Phi) is 4.14. The van der Waals surface area contributed by atoms with Gasteiger partial charge in [-0.1, -0.05) is 11.8 Å². The first-order valence-corrected chi connectivity index (χ1v) is 8.77. The summed E-state index contributed by atoms with van der Waals surface area (Å²) in [6.45, 7) is 0.177. The summed E-state index contributed by atoms with van der Waals surface area (Å²) in [5.74, 6) is 0.785. The fourth-order valence-electron chi connectivity index (χ4n) is 2.62. The molecule has 6 heteroatoms. The van der Waals surface area contributed by atoms with Gasteiger partial charge in [0.25, 0.3) is 5.56 Å². The van der Waals surface area contributed by atoms with Gasteiger partial charge in [0.15, 0.2) is 5.16 Å². The van der Waals surface area contributed by atoms with Crippen LogP contribution >= 0.6 is 23.1 Å². The maximum absolute atomic E-state index is 12.6. The molecule has 0 spiro atoms. The smallest absolute Gasteiger partial charge is 0.262 e. The van der Waals surface area contributed by atoms with Gasteiger partial charge in [-0.15, -0.1) is 11.3 Å². The Bertz CT molecular complexity index is 691. The van der Waals surface area contributed by atoms with Crippen LogP contribution in [0.25, 0.3) is 10.2 Å². The molecule has 0 unspecified atom stereocenters. The van der Waals surface area contributed by atoms with E-state index in [2.05, 4.69) is 4.98 Å². The summed E-state index contributed by atoms with van der Waals surface area (Å²) in [5.41, 5.74) is 1.33. The highest BCUT2D eigenvalue weighted by atomic mass is 32.2. The van der Waals surface area contributed by atoms with E-state index in [1.54, 1.807) is 34.7 Å². The van der Waals surface area contributed by atoms with Crippen LogP contribution in [0, 0.1) is 0 Å². The second-order valence-electron chi connectivity index (χ2n) is 5.08. The van der Waals surface area contributed by atoms with Crippen molar-refractivity contribution >= 4 is 33.3 Å². The van der Waals surface area contributed by atoms with Crippen LogP contribution in [0.1, 0.15) is 29.7 Å². The van der Waals surface area contributed by atoms with E-state index in [0.717, 1.165) is 40.4 Å². The summed E-state index contributed by atoms with van der Waals surface area (Å²) in [4.78, 5) is 19.5. The summed E-state index contributed by atoms with van der Waals surface area (Å²) < 4.78 is 1.66. The van der Waals surface area contributed by atoms with Crippen molar-refractivity contribution in [3.63, 3.8) is 0 Å². The quantitative estimate of drug-likeness (QED) is 0.535. The number of aromatic nitrogens is 2. The molecule has 0 saturated heterocycles. The Morgan fingerprint density at radius 2 is 2.20 bits per heavy atom. The average Bonchev–Trinajstić information content (AvgIpc) is 2.82. The summed E-state index contributed by atoms with van der Waals surface area (Å²) in [5, 5.41) is 10.5. The van der Waals surface area contributed by atoms with E-state index in [9.17, 15) is 4.79 Å². The number of aryl methyl sites for hydroxylation is 2. The third kappa shape index (κ3) is 2.40. The fourth-order valence-corrected chi connectivity index (χ4v) is 4.82. The topological polar surface area (TPSA) is 55.1 Å². The van der Waals surface area contributed by atoms with Crippen LogP contribution in [0.3, 0.4) is 0 Å². The lowest BCUT2D eigenvalue weighted by atomic mass is 9.97. The fraction of sp³-hybridized carbons (Fsp3) is 0.571. The summed E-state index contributed by atoms with van der Waals surface area (Å²) in [6, 6.07) is 0. The third-order valence-electron chi connectivity index (χ3n) is 3.69. The highest BCUT2D eigenvalue weighted by molar-refractivity contribution is 7.99. The number of aliphatic hydroxyl groups excluding tert-OH is 1. The van der Waals surface area contributed by atoms with Crippen molar-refractivity contribution in [3.8, 4) is 0 Å². The Labute approximate surface area is 125 Å². The maximum Gasteiger partial charge on any atom is 0.262 e.